The van der Waals surface area contributed by atoms with Gasteiger partial charge in [-0.2, -0.15) is 0 Å². The topological polar surface area (TPSA) is 21.2 Å². The molecule has 0 saturated heterocycles. The summed E-state index contributed by atoms with van der Waals surface area (Å²) in [6, 6.07) is 25.6. The van der Waals surface area contributed by atoms with E-state index in [2.05, 4.69) is 94.2 Å². The summed E-state index contributed by atoms with van der Waals surface area (Å²) in [4.78, 5) is 1.26. The van der Waals surface area contributed by atoms with E-state index >= 15 is 0 Å². The first-order valence-electron chi connectivity index (χ1n) is 8.70. The van der Waals surface area contributed by atoms with E-state index in [9.17, 15) is 0 Å². The highest BCUT2D eigenvalue weighted by Gasteiger charge is 2.22. The van der Waals surface area contributed by atoms with Crippen LogP contribution in [0.3, 0.4) is 0 Å². The Hall–Kier alpha value is -2.50. The van der Waals surface area contributed by atoms with E-state index in [1.54, 1.807) is 11.3 Å². The van der Waals surface area contributed by atoms with E-state index in [-0.39, 0.29) is 17.0 Å². The van der Waals surface area contributed by atoms with Gasteiger partial charge in [-0.25, -0.2) is 4.57 Å². The normalized spacial score (nSPS) is 11.0. The van der Waals surface area contributed by atoms with Crippen molar-refractivity contribution in [2.45, 2.75) is 13.5 Å². The molecule has 5 aromatic rings. The van der Waals surface area contributed by atoms with Gasteiger partial charge in [0.15, 0.2) is 5.52 Å². The maximum Gasteiger partial charge on any atom is 0.309 e. The number of rotatable bonds is 3. The Morgan fingerprint density at radius 2 is 1.74 bits per heavy atom. The summed E-state index contributed by atoms with van der Waals surface area (Å²) in [5, 5.41) is 7.04. The summed E-state index contributed by atoms with van der Waals surface area (Å²) in [6.45, 7) is 2.91. The molecule has 0 aliphatic heterocycles. The average Bonchev–Trinajstić information content (AvgIpc) is 3.30. The van der Waals surface area contributed by atoms with Crippen LogP contribution >= 0.6 is 11.3 Å². The minimum absolute atomic E-state index is 0. The first-order valence-corrected chi connectivity index (χ1v) is 9.58. The van der Waals surface area contributed by atoms with Crippen molar-refractivity contribution < 1.29 is 21.5 Å². The number of aromatic nitrogens is 3. The second kappa shape index (κ2) is 7.25. The fourth-order valence-electron chi connectivity index (χ4n) is 3.53. The van der Waals surface area contributed by atoms with Gasteiger partial charge in [-0.1, -0.05) is 58.1 Å². The Kier molecular flexibility index (Phi) is 4.81. The lowest BCUT2D eigenvalue weighted by atomic mass is 10.2. The second-order valence-electron chi connectivity index (χ2n) is 6.45. The molecular formula is C22H18BrN3S. The summed E-state index contributed by atoms with van der Waals surface area (Å²) < 4.78 is 4.43. The van der Waals surface area contributed by atoms with Gasteiger partial charge in [0.2, 0.25) is 5.52 Å². The molecule has 0 saturated carbocycles. The van der Waals surface area contributed by atoms with Crippen molar-refractivity contribution in [2.24, 2.45) is 0 Å². The maximum atomic E-state index is 4.92. The fraction of sp³-hybridized carbons (Fsp3) is 0.0909. The standard InChI is InChI=1S/C22H18N3S.BrH/c1-16-18(21-12-7-13-26-21)14-22-24(15-17-8-3-2-4-9-17)19-10-5-6-11-20(19)25(22)23-16;/h2-14H,15H2,1H3;1H/q+1;/p-1. The SMILES string of the molecule is Cc1nn2c3ccccc3[n+](Cc3ccccc3)c2cc1-c1cccs1.[Br-]. The van der Waals surface area contributed by atoms with E-state index in [0.717, 1.165) is 23.4 Å². The Labute approximate surface area is 172 Å². The number of para-hydroxylation sites is 2. The van der Waals surface area contributed by atoms with E-state index < -0.39 is 0 Å². The summed E-state index contributed by atoms with van der Waals surface area (Å²) in [5.74, 6) is 0. The van der Waals surface area contributed by atoms with Crippen molar-refractivity contribution >= 4 is 28.0 Å². The number of benzene rings is 2. The lowest BCUT2D eigenvalue weighted by Gasteiger charge is -2.03. The molecule has 27 heavy (non-hydrogen) atoms. The molecule has 2 aromatic carbocycles. The van der Waals surface area contributed by atoms with Gasteiger partial charge in [0, 0.05) is 16.5 Å². The molecule has 0 aliphatic carbocycles. The van der Waals surface area contributed by atoms with E-state index in [1.807, 2.05) is 0 Å². The second-order valence-corrected chi connectivity index (χ2v) is 7.40. The van der Waals surface area contributed by atoms with Crippen LogP contribution in [0.2, 0.25) is 0 Å². The smallest absolute Gasteiger partial charge is 0.309 e. The highest BCUT2D eigenvalue weighted by molar-refractivity contribution is 7.13. The van der Waals surface area contributed by atoms with E-state index in [0.29, 0.717) is 0 Å². The van der Waals surface area contributed by atoms with Crippen LogP contribution in [0.4, 0.5) is 0 Å². The number of nitrogens with zero attached hydrogens (tertiary/aromatic N) is 3. The lowest BCUT2D eigenvalue weighted by molar-refractivity contribution is -0.636. The largest absolute Gasteiger partial charge is 1.00 e. The zero-order valence-electron chi connectivity index (χ0n) is 14.8. The highest BCUT2D eigenvalue weighted by atomic mass is 79.9. The summed E-state index contributed by atoms with van der Waals surface area (Å²) in [7, 11) is 0. The molecule has 0 bridgehead atoms. The van der Waals surface area contributed by atoms with Crippen molar-refractivity contribution in [3.63, 3.8) is 0 Å². The molecular weight excluding hydrogens is 418 g/mol. The molecule has 0 aliphatic rings. The highest BCUT2D eigenvalue weighted by Crippen LogP contribution is 2.28. The van der Waals surface area contributed by atoms with Crippen LogP contribution < -0.4 is 21.5 Å². The summed E-state index contributed by atoms with van der Waals surface area (Å²) in [5.41, 5.74) is 6.99. The Morgan fingerprint density at radius 1 is 0.963 bits per heavy atom. The van der Waals surface area contributed by atoms with Crippen LogP contribution in [-0.4, -0.2) is 9.61 Å². The van der Waals surface area contributed by atoms with Gasteiger partial charge in [0.25, 0.3) is 0 Å². The van der Waals surface area contributed by atoms with Crippen LogP contribution in [0, 0.1) is 6.92 Å². The number of fused-ring (bicyclic) bond motifs is 3. The summed E-state index contributed by atoms with van der Waals surface area (Å²) in [6.07, 6.45) is 0. The van der Waals surface area contributed by atoms with Crippen molar-refractivity contribution in [1.29, 1.82) is 0 Å². The molecule has 0 radical (unpaired) electrons. The molecule has 3 nitrogen and oxygen atoms in total. The van der Waals surface area contributed by atoms with Gasteiger partial charge in [0.1, 0.15) is 6.54 Å². The van der Waals surface area contributed by atoms with E-state index in [4.69, 9.17) is 5.10 Å². The van der Waals surface area contributed by atoms with Gasteiger partial charge in [0.05, 0.1) is 5.69 Å². The molecule has 0 N–H and O–H groups in total. The minimum Gasteiger partial charge on any atom is -1.00 e. The van der Waals surface area contributed by atoms with Crippen molar-refractivity contribution in [3.8, 4) is 10.4 Å². The third kappa shape index (κ3) is 3.07. The molecule has 5 heteroatoms. The molecule has 0 unspecified atom stereocenters. The quantitative estimate of drug-likeness (QED) is 0.396. The Bertz CT molecular complexity index is 1210. The number of halogens is 1. The zero-order valence-corrected chi connectivity index (χ0v) is 17.2. The predicted octanol–water partition coefficient (Wildman–Crippen LogP) is 1.86. The van der Waals surface area contributed by atoms with Crippen LogP contribution in [0.25, 0.3) is 27.1 Å². The first-order chi connectivity index (χ1) is 12.8. The molecule has 5 rings (SSSR count). The Balaban J connectivity index is 0.00000180. The molecule has 134 valence electrons. The summed E-state index contributed by atoms with van der Waals surface area (Å²) >= 11 is 1.76. The number of thiophene rings is 1. The van der Waals surface area contributed by atoms with Crippen molar-refractivity contribution in [2.75, 3.05) is 0 Å². The number of aryl methyl sites for hydroxylation is 1. The van der Waals surface area contributed by atoms with Crippen molar-refractivity contribution in [3.05, 3.63) is 89.4 Å². The molecule has 0 spiro atoms. The van der Waals surface area contributed by atoms with Crippen LogP contribution in [0.15, 0.2) is 78.2 Å². The van der Waals surface area contributed by atoms with Gasteiger partial charge >= 0.3 is 5.65 Å². The molecule has 0 atom stereocenters. The van der Waals surface area contributed by atoms with Gasteiger partial charge in [-0.3, -0.25) is 0 Å². The zero-order chi connectivity index (χ0) is 17.5. The molecule has 0 fully saturated rings. The van der Waals surface area contributed by atoms with Gasteiger partial charge in [-0.15, -0.1) is 11.3 Å². The monoisotopic (exact) mass is 435 g/mol. The molecule has 3 heterocycles. The van der Waals surface area contributed by atoms with E-state index in [1.165, 1.54) is 21.5 Å². The number of imidazole rings is 1. The van der Waals surface area contributed by atoms with Gasteiger partial charge < -0.3 is 17.0 Å². The minimum atomic E-state index is 0. The maximum absolute atomic E-state index is 4.92. The number of hydrogen-bond acceptors (Lipinski definition) is 2. The third-order valence-electron chi connectivity index (χ3n) is 4.78. The average molecular weight is 436 g/mol. The molecule has 0 amide bonds. The van der Waals surface area contributed by atoms with Gasteiger partial charge in [-0.05, 0) is 36.1 Å². The van der Waals surface area contributed by atoms with Crippen LogP contribution in [0.1, 0.15) is 11.3 Å². The fourth-order valence-corrected chi connectivity index (χ4v) is 4.32. The third-order valence-corrected chi connectivity index (χ3v) is 5.68. The number of hydrogen-bond donors (Lipinski definition) is 0. The lowest BCUT2D eigenvalue weighted by Crippen LogP contribution is -3.00. The van der Waals surface area contributed by atoms with Crippen LogP contribution in [-0.2, 0) is 6.54 Å². The van der Waals surface area contributed by atoms with Crippen molar-refractivity contribution in [1.82, 2.24) is 9.61 Å². The predicted molar refractivity (Wildman–Crippen MR) is 106 cm³/mol. The first kappa shape index (κ1) is 17.9. The molecule has 3 aromatic heterocycles. The van der Waals surface area contributed by atoms with Crippen LogP contribution in [0.5, 0.6) is 0 Å². The Morgan fingerprint density at radius 3 is 2.52 bits per heavy atom.